The highest BCUT2D eigenvalue weighted by Gasteiger charge is 2.31. The number of rotatable bonds is 4. The molecular weight excluding hydrogens is 411 g/mol. The van der Waals surface area contributed by atoms with Gasteiger partial charge < -0.3 is 5.32 Å². The maximum atomic E-state index is 13.1. The smallest absolute Gasteiger partial charge is 0.321 e. The molecule has 0 atom stereocenters. The number of thiophene rings is 1. The van der Waals surface area contributed by atoms with Crippen LogP contribution < -0.4 is 5.32 Å². The number of carbonyl (C=O) groups excluding carboxylic acids is 1. The van der Waals surface area contributed by atoms with E-state index in [9.17, 15) is 18.0 Å². The molecule has 154 valence electrons. The zero-order valence-corrected chi connectivity index (χ0v) is 17.1. The normalized spacial score (nSPS) is 11.8. The fraction of sp³-hybridized carbons (Fsp3) is 0.182. The lowest BCUT2D eigenvalue weighted by Gasteiger charge is -2.09. The van der Waals surface area contributed by atoms with E-state index in [-0.39, 0.29) is 5.91 Å². The lowest BCUT2D eigenvalue weighted by Crippen LogP contribution is -2.10. The van der Waals surface area contributed by atoms with Crippen molar-refractivity contribution in [2.75, 3.05) is 5.32 Å². The monoisotopic (exact) mass is 429 g/mol. The number of nitrogens with zero attached hydrogens (tertiary/aromatic N) is 2. The van der Waals surface area contributed by atoms with Crippen LogP contribution in [0.4, 0.5) is 18.9 Å². The summed E-state index contributed by atoms with van der Waals surface area (Å²) in [6, 6.07) is 14.3. The van der Waals surface area contributed by atoms with E-state index in [1.165, 1.54) is 22.1 Å². The molecule has 30 heavy (non-hydrogen) atoms. The predicted molar refractivity (Wildman–Crippen MR) is 112 cm³/mol. The van der Waals surface area contributed by atoms with E-state index in [1.807, 2.05) is 31.2 Å². The Labute approximate surface area is 175 Å². The van der Waals surface area contributed by atoms with E-state index >= 15 is 0 Å². The van der Waals surface area contributed by atoms with E-state index < -0.39 is 11.7 Å². The van der Waals surface area contributed by atoms with Crippen molar-refractivity contribution in [3.63, 3.8) is 0 Å². The zero-order chi connectivity index (χ0) is 21.5. The van der Waals surface area contributed by atoms with Gasteiger partial charge in [0.2, 0.25) is 0 Å². The Balaban J connectivity index is 1.69. The van der Waals surface area contributed by atoms with Crippen molar-refractivity contribution < 1.29 is 18.0 Å². The third-order valence-electron chi connectivity index (χ3n) is 4.78. The summed E-state index contributed by atoms with van der Waals surface area (Å²) in [7, 11) is 0. The summed E-state index contributed by atoms with van der Waals surface area (Å²) in [5.74, 6) is -0.264. The Morgan fingerprint density at radius 2 is 1.90 bits per heavy atom. The van der Waals surface area contributed by atoms with Crippen LogP contribution in [-0.2, 0) is 12.6 Å². The molecule has 2 aromatic heterocycles. The molecule has 0 aliphatic rings. The van der Waals surface area contributed by atoms with Gasteiger partial charge in [0, 0.05) is 11.1 Å². The first-order valence-electron chi connectivity index (χ1n) is 9.33. The van der Waals surface area contributed by atoms with Gasteiger partial charge in [-0.25, -0.2) is 4.68 Å². The van der Waals surface area contributed by atoms with Crippen LogP contribution in [0, 0.1) is 6.92 Å². The highest BCUT2D eigenvalue weighted by Crippen LogP contribution is 2.34. The predicted octanol–water partition coefficient (Wildman–Crippen LogP) is 6.23. The van der Waals surface area contributed by atoms with Crippen molar-refractivity contribution in [3.05, 3.63) is 76.3 Å². The van der Waals surface area contributed by atoms with Gasteiger partial charge in [-0.05, 0) is 55.3 Å². The van der Waals surface area contributed by atoms with Gasteiger partial charge in [0.05, 0.1) is 21.8 Å². The molecule has 0 saturated heterocycles. The molecule has 4 nitrogen and oxygen atoms in total. The van der Waals surface area contributed by atoms with Crippen LogP contribution in [0.25, 0.3) is 15.9 Å². The van der Waals surface area contributed by atoms with Crippen molar-refractivity contribution in [1.82, 2.24) is 9.78 Å². The third kappa shape index (κ3) is 3.82. The standard InChI is InChI=1S/C22H18F3N3OS/c1-3-14-6-4-8-16(10-14)26-20(29)19-12-18-13(2)27-28(21(18)30-19)17-9-5-7-15(11-17)22(23,24)25/h4-12H,3H2,1-2H3,(H,26,29). The maximum Gasteiger partial charge on any atom is 0.416 e. The number of aryl methyl sites for hydroxylation is 2. The van der Waals surface area contributed by atoms with Gasteiger partial charge in [0.1, 0.15) is 4.83 Å². The van der Waals surface area contributed by atoms with Crippen LogP contribution in [0.3, 0.4) is 0 Å². The number of halogens is 3. The highest BCUT2D eigenvalue weighted by atomic mass is 32.1. The minimum Gasteiger partial charge on any atom is -0.321 e. The van der Waals surface area contributed by atoms with E-state index in [1.54, 1.807) is 19.1 Å². The summed E-state index contributed by atoms with van der Waals surface area (Å²) in [4.78, 5) is 13.8. The number of hydrogen-bond donors (Lipinski definition) is 1. The van der Waals surface area contributed by atoms with Gasteiger partial charge in [-0.1, -0.05) is 25.1 Å². The number of aromatic nitrogens is 2. The Bertz CT molecular complexity index is 1240. The lowest BCUT2D eigenvalue weighted by molar-refractivity contribution is -0.137. The summed E-state index contributed by atoms with van der Waals surface area (Å²) >= 11 is 1.20. The molecule has 0 saturated carbocycles. The van der Waals surface area contributed by atoms with Gasteiger partial charge >= 0.3 is 6.18 Å². The Kier molecular flexibility index (Phi) is 5.11. The molecule has 0 spiro atoms. The number of alkyl halides is 3. The van der Waals surface area contributed by atoms with Crippen LogP contribution in [0.1, 0.15) is 33.4 Å². The molecule has 2 aromatic carbocycles. The molecule has 1 amide bonds. The average Bonchev–Trinajstić information content (AvgIpc) is 3.28. The minimum absolute atomic E-state index is 0.264. The molecule has 1 N–H and O–H groups in total. The first-order chi connectivity index (χ1) is 14.3. The van der Waals surface area contributed by atoms with Crippen molar-refractivity contribution in [2.45, 2.75) is 26.4 Å². The second-order valence-corrected chi connectivity index (χ2v) is 7.91. The van der Waals surface area contributed by atoms with Crippen LogP contribution >= 0.6 is 11.3 Å². The minimum atomic E-state index is -4.44. The number of hydrogen-bond acceptors (Lipinski definition) is 3. The number of amides is 1. The first kappa shape index (κ1) is 20.2. The SMILES string of the molecule is CCc1cccc(NC(=O)c2cc3c(C)nn(-c4cccc(C(F)(F)F)c4)c3s2)c1. The van der Waals surface area contributed by atoms with Crippen LogP contribution in [0.5, 0.6) is 0 Å². The summed E-state index contributed by atoms with van der Waals surface area (Å²) < 4.78 is 40.7. The molecule has 8 heteroatoms. The number of nitrogens with one attached hydrogen (secondary N) is 1. The number of anilines is 1. The largest absolute Gasteiger partial charge is 0.416 e. The summed E-state index contributed by atoms with van der Waals surface area (Å²) in [5.41, 5.74) is 2.01. The number of carbonyl (C=O) groups is 1. The quantitative estimate of drug-likeness (QED) is 0.418. The second kappa shape index (κ2) is 7.60. The molecule has 4 aromatic rings. The molecule has 0 bridgehead atoms. The fourth-order valence-corrected chi connectivity index (χ4v) is 4.29. The van der Waals surface area contributed by atoms with Gasteiger partial charge in [-0.3, -0.25) is 4.79 Å². The Morgan fingerprint density at radius 3 is 2.63 bits per heavy atom. The molecular formula is C22H18F3N3OS. The average molecular weight is 429 g/mol. The molecule has 0 radical (unpaired) electrons. The van der Waals surface area contributed by atoms with E-state index in [4.69, 9.17) is 0 Å². The van der Waals surface area contributed by atoms with Crippen LogP contribution in [-0.4, -0.2) is 15.7 Å². The maximum absolute atomic E-state index is 13.1. The molecule has 0 aliphatic heterocycles. The summed E-state index contributed by atoms with van der Waals surface area (Å²) in [6.07, 6.45) is -3.58. The van der Waals surface area contributed by atoms with Gasteiger partial charge in [-0.15, -0.1) is 11.3 Å². The summed E-state index contributed by atoms with van der Waals surface area (Å²) in [5, 5.41) is 8.00. The molecule has 2 heterocycles. The van der Waals surface area contributed by atoms with Crippen molar-refractivity contribution in [3.8, 4) is 5.69 Å². The Morgan fingerprint density at radius 1 is 1.13 bits per heavy atom. The molecule has 0 fully saturated rings. The zero-order valence-electron chi connectivity index (χ0n) is 16.2. The molecule has 4 rings (SSSR count). The fourth-order valence-electron chi connectivity index (χ4n) is 3.21. The molecule has 0 unspecified atom stereocenters. The Hall–Kier alpha value is -3.13. The van der Waals surface area contributed by atoms with Crippen molar-refractivity contribution in [1.29, 1.82) is 0 Å². The molecule has 0 aliphatic carbocycles. The number of benzene rings is 2. The van der Waals surface area contributed by atoms with E-state index in [0.717, 1.165) is 29.5 Å². The topological polar surface area (TPSA) is 46.9 Å². The lowest BCUT2D eigenvalue weighted by atomic mass is 10.1. The summed E-state index contributed by atoms with van der Waals surface area (Å²) in [6.45, 7) is 3.81. The van der Waals surface area contributed by atoms with Gasteiger partial charge in [0.25, 0.3) is 5.91 Å². The van der Waals surface area contributed by atoms with Gasteiger partial charge in [0.15, 0.2) is 0 Å². The van der Waals surface area contributed by atoms with Crippen molar-refractivity contribution in [2.24, 2.45) is 0 Å². The highest BCUT2D eigenvalue weighted by molar-refractivity contribution is 7.20. The van der Waals surface area contributed by atoms with E-state index in [0.29, 0.717) is 26.8 Å². The van der Waals surface area contributed by atoms with Gasteiger partial charge in [-0.2, -0.15) is 18.3 Å². The number of fused-ring (bicyclic) bond motifs is 1. The van der Waals surface area contributed by atoms with Crippen molar-refractivity contribution >= 4 is 33.1 Å². The third-order valence-corrected chi connectivity index (χ3v) is 5.89. The van der Waals surface area contributed by atoms with Crippen LogP contribution in [0.15, 0.2) is 54.6 Å². The second-order valence-electron chi connectivity index (χ2n) is 6.88. The van der Waals surface area contributed by atoms with E-state index in [2.05, 4.69) is 10.4 Å². The first-order valence-corrected chi connectivity index (χ1v) is 10.1. The van der Waals surface area contributed by atoms with Crippen LogP contribution in [0.2, 0.25) is 0 Å².